The fraction of sp³-hybridized carbons (Fsp3) is 0.533. The zero-order valence-corrected chi connectivity index (χ0v) is 10.9. The minimum Gasteiger partial charge on any atom is -0.378 e. The number of hydrogen-bond acceptors (Lipinski definition) is 3. The maximum absolute atomic E-state index is 8.72. The zero-order valence-electron chi connectivity index (χ0n) is 10.9. The van der Waals surface area contributed by atoms with Gasteiger partial charge in [0.05, 0.1) is 17.7 Å². The second-order valence-corrected chi connectivity index (χ2v) is 4.81. The maximum atomic E-state index is 8.72. The molecule has 0 aliphatic carbocycles. The van der Waals surface area contributed by atoms with Crippen molar-refractivity contribution in [3.8, 4) is 6.07 Å². The molecule has 1 aromatic rings. The van der Waals surface area contributed by atoms with E-state index in [0.717, 1.165) is 26.1 Å². The lowest BCUT2D eigenvalue weighted by atomic mass is 9.99. The second-order valence-electron chi connectivity index (χ2n) is 4.81. The number of hydrogen-bond donors (Lipinski definition) is 1. The SMILES string of the molecule is CCC1OCCC1CNCc1ccc(C#N)cc1. The van der Waals surface area contributed by atoms with Crippen LogP contribution in [0.25, 0.3) is 0 Å². The van der Waals surface area contributed by atoms with Crippen molar-refractivity contribution < 1.29 is 4.74 Å². The fourth-order valence-electron chi connectivity index (χ4n) is 2.48. The lowest BCUT2D eigenvalue weighted by Gasteiger charge is -2.17. The molecule has 3 nitrogen and oxygen atoms in total. The Morgan fingerprint density at radius 3 is 2.83 bits per heavy atom. The number of benzene rings is 1. The summed E-state index contributed by atoms with van der Waals surface area (Å²) < 4.78 is 5.67. The number of rotatable bonds is 5. The molecule has 0 spiro atoms. The van der Waals surface area contributed by atoms with Crippen molar-refractivity contribution in [2.24, 2.45) is 5.92 Å². The molecule has 0 amide bonds. The monoisotopic (exact) mass is 244 g/mol. The van der Waals surface area contributed by atoms with Crippen LogP contribution in [0, 0.1) is 17.2 Å². The summed E-state index contributed by atoms with van der Waals surface area (Å²) in [7, 11) is 0. The third-order valence-electron chi connectivity index (χ3n) is 3.57. The lowest BCUT2D eigenvalue weighted by molar-refractivity contribution is 0.0872. The summed E-state index contributed by atoms with van der Waals surface area (Å²) in [6.07, 6.45) is 2.70. The average molecular weight is 244 g/mol. The molecule has 2 unspecified atom stereocenters. The van der Waals surface area contributed by atoms with Crippen molar-refractivity contribution >= 4 is 0 Å². The molecule has 1 saturated heterocycles. The third kappa shape index (κ3) is 3.32. The van der Waals surface area contributed by atoms with Gasteiger partial charge in [0.2, 0.25) is 0 Å². The molecule has 96 valence electrons. The molecule has 1 aliphatic rings. The Morgan fingerprint density at radius 1 is 1.39 bits per heavy atom. The highest BCUT2D eigenvalue weighted by molar-refractivity contribution is 5.31. The Morgan fingerprint density at radius 2 is 2.17 bits per heavy atom. The first-order chi connectivity index (χ1) is 8.83. The Labute approximate surface area is 109 Å². The molecule has 1 N–H and O–H groups in total. The van der Waals surface area contributed by atoms with Crippen LogP contribution in [0.1, 0.15) is 30.9 Å². The molecule has 0 saturated carbocycles. The molecule has 1 fully saturated rings. The minimum absolute atomic E-state index is 0.429. The van der Waals surface area contributed by atoms with E-state index in [4.69, 9.17) is 10.00 Å². The van der Waals surface area contributed by atoms with Gasteiger partial charge in [-0.2, -0.15) is 5.26 Å². The van der Waals surface area contributed by atoms with Gasteiger partial charge in [0.1, 0.15) is 0 Å². The summed E-state index contributed by atoms with van der Waals surface area (Å²) in [5.41, 5.74) is 1.94. The molecule has 1 aromatic carbocycles. The molecule has 0 radical (unpaired) electrons. The van der Waals surface area contributed by atoms with Crippen LogP contribution in [0.5, 0.6) is 0 Å². The highest BCUT2D eigenvalue weighted by atomic mass is 16.5. The van der Waals surface area contributed by atoms with Crippen LogP contribution in [0.2, 0.25) is 0 Å². The second kappa shape index (κ2) is 6.53. The van der Waals surface area contributed by atoms with Crippen molar-refractivity contribution in [1.29, 1.82) is 5.26 Å². The van der Waals surface area contributed by atoms with Gasteiger partial charge in [0.15, 0.2) is 0 Å². The van der Waals surface area contributed by atoms with Crippen LogP contribution < -0.4 is 5.32 Å². The van der Waals surface area contributed by atoms with E-state index in [9.17, 15) is 0 Å². The topological polar surface area (TPSA) is 45.0 Å². The van der Waals surface area contributed by atoms with Crippen LogP contribution in [-0.4, -0.2) is 19.3 Å². The van der Waals surface area contributed by atoms with Crippen molar-refractivity contribution in [1.82, 2.24) is 5.32 Å². The van der Waals surface area contributed by atoms with Crippen LogP contribution in [0.15, 0.2) is 24.3 Å². The summed E-state index contributed by atoms with van der Waals surface area (Å²) in [6, 6.07) is 9.88. The molecular weight excluding hydrogens is 224 g/mol. The molecule has 0 aromatic heterocycles. The summed E-state index contributed by atoms with van der Waals surface area (Å²) >= 11 is 0. The van der Waals surface area contributed by atoms with Crippen molar-refractivity contribution in [2.45, 2.75) is 32.4 Å². The Kier molecular flexibility index (Phi) is 4.74. The van der Waals surface area contributed by atoms with E-state index >= 15 is 0 Å². The number of nitrogens with zero attached hydrogens (tertiary/aromatic N) is 1. The van der Waals surface area contributed by atoms with Gasteiger partial charge in [0, 0.05) is 19.7 Å². The Balaban J connectivity index is 1.76. The summed E-state index contributed by atoms with van der Waals surface area (Å²) in [5, 5.41) is 12.2. The van der Waals surface area contributed by atoms with Crippen LogP contribution in [0.3, 0.4) is 0 Å². The van der Waals surface area contributed by atoms with Gasteiger partial charge in [-0.1, -0.05) is 19.1 Å². The van der Waals surface area contributed by atoms with Crippen LogP contribution >= 0.6 is 0 Å². The van der Waals surface area contributed by atoms with Gasteiger partial charge in [-0.25, -0.2) is 0 Å². The smallest absolute Gasteiger partial charge is 0.0991 e. The molecule has 1 heterocycles. The molecule has 2 rings (SSSR count). The zero-order chi connectivity index (χ0) is 12.8. The first kappa shape index (κ1) is 13.1. The molecule has 3 heteroatoms. The molecule has 2 atom stereocenters. The van der Waals surface area contributed by atoms with E-state index in [2.05, 4.69) is 18.3 Å². The van der Waals surface area contributed by atoms with E-state index in [-0.39, 0.29) is 0 Å². The quantitative estimate of drug-likeness (QED) is 0.865. The standard InChI is InChI=1S/C15H20N2O/c1-2-15-14(7-8-18-15)11-17-10-13-5-3-12(9-16)4-6-13/h3-6,14-15,17H,2,7-8,10-11H2,1H3. The van der Waals surface area contributed by atoms with Gasteiger partial charge in [0.25, 0.3) is 0 Å². The van der Waals surface area contributed by atoms with E-state index in [1.807, 2.05) is 24.3 Å². The molecule has 1 aliphatic heterocycles. The number of ether oxygens (including phenoxy) is 1. The first-order valence-corrected chi connectivity index (χ1v) is 6.65. The van der Waals surface area contributed by atoms with Crippen molar-refractivity contribution in [3.05, 3.63) is 35.4 Å². The highest BCUT2D eigenvalue weighted by Gasteiger charge is 2.25. The summed E-state index contributed by atoms with van der Waals surface area (Å²) in [4.78, 5) is 0. The summed E-state index contributed by atoms with van der Waals surface area (Å²) in [6.45, 7) is 4.96. The fourth-order valence-corrected chi connectivity index (χ4v) is 2.48. The van der Waals surface area contributed by atoms with E-state index in [1.165, 1.54) is 12.0 Å². The summed E-state index contributed by atoms with van der Waals surface area (Å²) in [5.74, 6) is 0.647. The predicted molar refractivity (Wildman–Crippen MR) is 71.0 cm³/mol. The van der Waals surface area contributed by atoms with Gasteiger partial charge in [-0.15, -0.1) is 0 Å². The van der Waals surface area contributed by atoms with Gasteiger partial charge >= 0.3 is 0 Å². The predicted octanol–water partition coefficient (Wildman–Crippen LogP) is 2.46. The van der Waals surface area contributed by atoms with Crippen LogP contribution in [0.4, 0.5) is 0 Å². The van der Waals surface area contributed by atoms with Gasteiger partial charge in [-0.3, -0.25) is 0 Å². The van der Waals surface area contributed by atoms with E-state index in [0.29, 0.717) is 17.6 Å². The number of nitriles is 1. The maximum Gasteiger partial charge on any atom is 0.0991 e. The van der Waals surface area contributed by atoms with Gasteiger partial charge < -0.3 is 10.1 Å². The minimum atomic E-state index is 0.429. The van der Waals surface area contributed by atoms with Crippen molar-refractivity contribution in [2.75, 3.05) is 13.2 Å². The van der Waals surface area contributed by atoms with E-state index < -0.39 is 0 Å². The molecule has 18 heavy (non-hydrogen) atoms. The first-order valence-electron chi connectivity index (χ1n) is 6.65. The Hall–Kier alpha value is -1.37. The van der Waals surface area contributed by atoms with Crippen molar-refractivity contribution in [3.63, 3.8) is 0 Å². The highest BCUT2D eigenvalue weighted by Crippen LogP contribution is 2.22. The van der Waals surface area contributed by atoms with Gasteiger partial charge in [-0.05, 0) is 36.5 Å². The Bertz CT molecular complexity index is 407. The van der Waals surface area contributed by atoms with E-state index in [1.54, 1.807) is 0 Å². The number of nitrogens with one attached hydrogen (secondary N) is 1. The average Bonchev–Trinajstić information content (AvgIpc) is 2.87. The molecular formula is C15H20N2O. The van der Waals surface area contributed by atoms with Crippen LogP contribution in [-0.2, 0) is 11.3 Å². The largest absolute Gasteiger partial charge is 0.378 e. The molecule has 0 bridgehead atoms. The third-order valence-corrected chi connectivity index (χ3v) is 3.57. The normalized spacial score (nSPS) is 22.9. The lowest BCUT2D eigenvalue weighted by Crippen LogP contribution is -2.27.